The Morgan fingerprint density at radius 2 is 2.29 bits per heavy atom. The third-order valence-corrected chi connectivity index (χ3v) is 3.04. The molecule has 0 saturated carbocycles. The van der Waals surface area contributed by atoms with Crippen molar-refractivity contribution in [1.82, 2.24) is 9.80 Å². The smallest absolute Gasteiger partial charge is 0.320 e. The van der Waals surface area contributed by atoms with Crippen LogP contribution in [0.3, 0.4) is 0 Å². The van der Waals surface area contributed by atoms with Crippen molar-refractivity contribution in [3.05, 3.63) is 35.6 Å². The van der Waals surface area contributed by atoms with Crippen molar-refractivity contribution in [1.29, 1.82) is 0 Å². The summed E-state index contributed by atoms with van der Waals surface area (Å²) in [4.78, 5) is 14.9. The van der Waals surface area contributed by atoms with E-state index in [-0.39, 0.29) is 24.5 Å². The number of aliphatic hydroxyl groups excluding tert-OH is 1. The van der Waals surface area contributed by atoms with Crippen molar-refractivity contribution in [3.63, 3.8) is 0 Å². The Hall–Kier alpha value is -1.62. The van der Waals surface area contributed by atoms with Crippen LogP contribution in [0.25, 0.3) is 0 Å². The van der Waals surface area contributed by atoms with Crippen LogP contribution in [0.5, 0.6) is 0 Å². The van der Waals surface area contributed by atoms with Crippen molar-refractivity contribution in [2.45, 2.75) is 6.04 Å². The number of likely N-dealkylation sites (N-methyl/N-ethyl adjacent to an activating group) is 1. The molecular weight excluding hydrogens is 223 g/mol. The third kappa shape index (κ3) is 2.24. The van der Waals surface area contributed by atoms with E-state index in [1.54, 1.807) is 29.0 Å². The van der Waals surface area contributed by atoms with Gasteiger partial charge in [-0.15, -0.1) is 0 Å². The standard InChI is InChI=1S/C12H15FN2O2/c1-14-11(8-15(5-6-16)12(14)17)9-3-2-4-10(13)7-9/h2-4,7,11,16H,5-6,8H2,1H3. The Morgan fingerprint density at radius 1 is 1.53 bits per heavy atom. The molecule has 1 fully saturated rings. The predicted molar refractivity (Wildman–Crippen MR) is 61.0 cm³/mol. The summed E-state index contributed by atoms with van der Waals surface area (Å²) in [7, 11) is 1.69. The minimum Gasteiger partial charge on any atom is -0.395 e. The molecule has 1 aliphatic rings. The first-order valence-corrected chi connectivity index (χ1v) is 5.51. The molecule has 0 radical (unpaired) electrons. The van der Waals surface area contributed by atoms with Gasteiger partial charge in [0.05, 0.1) is 12.6 Å². The van der Waals surface area contributed by atoms with Gasteiger partial charge in [-0.1, -0.05) is 12.1 Å². The minimum absolute atomic E-state index is 0.0601. The van der Waals surface area contributed by atoms with Crippen LogP contribution in [0, 0.1) is 5.82 Å². The molecule has 1 N–H and O–H groups in total. The van der Waals surface area contributed by atoms with Crippen LogP contribution < -0.4 is 0 Å². The predicted octanol–water partition coefficient (Wildman–Crippen LogP) is 1.23. The molecule has 0 aliphatic carbocycles. The van der Waals surface area contributed by atoms with E-state index in [9.17, 15) is 9.18 Å². The van der Waals surface area contributed by atoms with Gasteiger partial charge in [0.2, 0.25) is 0 Å². The van der Waals surface area contributed by atoms with Gasteiger partial charge < -0.3 is 14.9 Å². The zero-order valence-electron chi connectivity index (χ0n) is 9.64. The molecule has 1 atom stereocenters. The largest absolute Gasteiger partial charge is 0.395 e. The lowest BCUT2D eigenvalue weighted by molar-refractivity contribution is 0.182. The van der Waals surface area contributed by atoms with E-state index in [1.807, 2.05) is 0 Å². The van der Waals surface area contributed by atoms with Gasteiger partial charge in [0.1, 0.15) is 5.82 Å². The lowest BCUT2D eigenvalue weighted by Gasteiger charge is -2.17. The first kappa shape index (κ1) is 11.9. The Morgan fingerprint density at radius 3 is 2.94 bits per heavy atom. The molecule has 1 aromatic carbocycles. The fourth-order valence-corrected chi connectivity index (χ4v) is 2.12. The second-order valence-electron chi connectivity index (χ2n) is 4.13. The Kier molecular flexibility index (Phi) is 3.28. The highest BCUT2D eigenvalue weighted by Crippen LogP contribution is 2.27. The van der Waals surface area contributed by atoms with E-state index in [0.717, 1.165) is 5.56 Å². The first-order chi connectivity index (χ1) is 8.13. The fraction of sp³-hybridized carbons (Fsp3) is 0.417. The number of aliphatic hydroxyl groups is 1. The molecule has 1 heterocycles. The fourth-order valence-electron chi connectivity index (χ4n) is 2.12. The second kappa shape index (κ2) is 4.71. The monoisotopic (exact) mass is 238 g/mol. The molecule has 4 nitrogen and oxygen atoms in total. The summed E-state index contributed by atoms with van der Waals surface area (Å²) in [6, 6.07) is 5.98. The van der Waals surface area contributed by atoms with Crippen molar-refractivity contribution < 1.29 is 14.3 Å². The number of rotatable bonds is 3. The summed E-state index contributed by atoms with van der Waals surface area (Å²) >= 11 is 0. The molecule has 1 saturated heterocycles. The van der Waals surface area contributed by atoms with Crippen molar-refractivity contribution in [3.8, 4) is 0 Å². The quantitative estimate of drug-likeness (QED) is 0.860. The molecule has 0 aromatic heterocycles. The molecule has 1 aliphatic heterocycles. The minimum atomic E-state index is -0.302. The lowest BCUT2D eigenvalue weighted by atomic mass is 10.1. The topological polar surface area (TPSA) is 43.8 Å². The van der Waals surface area contributed by atoms with Crippen LogP contribution in [0.2, 0.25) is 0 Å². The molecule has 92 valence electrons. The van der Waals surface area contributed by atoms with E-state index in [1.165, 1.54) is 12.1 Å². The van der Waals surface area contributed by atoms with E-state index in [4.69, 9.17) is 5.11 Å². The number of hydrogen-bond donors (Lipinski definition) is 1. The molecule has 1 aromatic rings. The van der Waals surface area contributed by atoms with Gasteiger partial charge in [-0.25, -0.2) is 9.18 Å². The number of hydrogen-bond acceptors (Lipinski definition) is 2. The second-order valence-corrected chi connectivity index (χ2v) is 4.13. The van der Waals surface area contributed by atoms with Gasteiger partial charge in [-0.3, -0.25) is 0 Å². The van der Waals surface area contributed by atoms with Crippen LogP contribution in [-0.2, 0) is 0 Å². The van der Waals surface area contributed by atoms with E-state index < -0.39 is 0 Å². The molecule has 2 rings (SSSR count). The molecular formula is C12H15FN2O2. The summed E-state index contributed by atoms with van der Waals surface area (Å²) < 4.78 is 13.1. The number of carbonyl (C=O) groups is 1. The van der Waals surface area contributed by atoms with Crippen LogP contribution in [0.4, 0.5) is 9.18 Å². The summed E-state index contributed by atoms with van der Waals surface area (Å²) in [5.74, 6) is -0.302. The highest BCUT2D eigenvalue weighted by molar-refractivity contribution is 5.77. The van der Waals surface area contributed by atoms with Crippen molar-refractivity contribution in [2.75, 3.05) is 26.7 Å². The lowest BCUT2D eigenvalue weighted by Crippen LogP contribution is -2.31. The van der Waals surface area contributed by atoms with E-state index in [0.29, 0.717) is 13.1 Å². The van der Waals surface area contributed by atoms with Crippen LogP contribution in [-0.4, -0.2) is 47.7 Å². The Labute approximate surface area is 99.3 Å². The van der Waals surface area contributed by atoms with Crippen LogP contribution in [0.15, 0.2) is 24.3 Å². The molecule has 2 amide bonds. The zero-order valence-corrected chi connectivity index (χ0v) is 9.64. The number of nitrogens with zero attached hydrogens (tertiary/aromatic N) is 2. The Bertz CT molecular complexity index is 425. The van der Waals surface area contributed by atoms with Gasteiger partial charge in [0, 0.05) is 20.1 Å². The maximum atomic E-state index is 13.1. The van der Waals surface area contributed by atoms with Crippen molar-refractivity contribution >= 4 is 6.03 Å². The summed E-state index contributed by atoms with van der Waals surface area (Å²) in [6.45, 7) is 0.740. The summed E-state index contributed by atoms with van der Waals surface area (Å²) in [5.41, 5.74) is 0.779. The SMILES string of the molecule is CN1C(=O)N(CCO)CC1c1cccc(F)c1. The highest BCUT2D eigenvalue weighted by Gasteiger charge is 2.34. The van der Waals surface area contributed by atoms with Gasteiger partial charge in [-0.05, 0) is 17.7 Å². The first-order valence-electron chi connectivity index (χ1n) is 5.51. The molecule has 0 bridgehead atoms. The average Bonchev–Trinajstić information content (AvgIpc) is 2.58. The number of β-amino-alcohol motifs (C(OH)–C–C–N with tert-alkyl or cyclic N) is 1. The number of amides is 2. The summed E-state index contributed by atoms with van der Waals surface area (Å²) in [6.07, 6.45) is 0. The molecule has 17 heavy (non-hydrogen) atoms. The highest BCUT2D eigenvalue weighted by atomic mass is 19.1. The number of urea groups is 1. The average molecular weight is 238 g/mol. The normalized spacial score (nSPS) is 20.2. The van der Waals surface area contributed by atoms with Gasteiger partial charge in [0.15, 0.2) is 0 Å². The molecule has 0 spiro atoms. The zero-order chi connectivity index (χ0) is 12.4. The van der Waals surface area contributed by atoms with Crippen LogP contribution >= 0.6 is 0 Å². The van der Waals surface area contributed by atoms with E-state index >= 15 is 0 Å². The number of carbonyl (C=O) groups excluding carboxylic acids is 1. The van der Waals surface area contributed by atoms with Crippen molar-refractivity contribution in [2.24, 2.45) is 0 Å². The Balaban J connectivity index is 2.20. The third-order valence-electron chi connectivity index (χ3n) is 3.04. The molecule has 1 unspecified atom stereocenters. The van der Waals surface area contributed by atoms with Gasteiger partial charge in [0.25, 0.3) is 0 Å². The van der Waals surface area contributed by atoms with Gasteiger partial charge in [-0.2, -0.15) is 0 Å². The number of halogens is 1. The summed E-state index contributed by atoms with van der Waals surface area (Å²) in [5, 5.41) is 8.86. The number of benzene rings is 1. The maximum Gasteiger partial charge on any atom is 0.320 e. The van der Waals surface area contributed by atoms with Gasteiger partial charge >= 0.3 is 6.03 Å². The van der Waals surface area contributed by atoms with Crippen LogP contribution in [0.1, 0.15) is 11.6 Å². The molecule has 5 heteroatoms. The van der Waals surface area contributed by atoms with E-state index in [2.05, 4.69) is 0 Å². The maximum absolute atomic E-state index is 13.1.